The maximum absolute atomic E-state index is 12.1. The monoisotopic (exact) mass is 322 g/mol. The zero-order chi connectivity index (χ0) is 15.9. The van der Waals surface area contributed by atoms with Gasteiger partial charge in [0.2, 0.25) is 0 Å². The standard InChI is InChI=1S/C16H22ClF3O/c1-3-5-10-15(4-2,12-17)11-13-6-8-14(9-7-13)21-16(18,19)20/h6-9H,3-5,10-12H2,1-2H3. The van der Waals surface area contributed by atoms with Crippen molar-refractivity contribution in [2.75, 3.05) is 5.88 Å². The highest BCUT2D eigenvalue weighted by atomic mass is 35.5. The number of ether oxygens (including phenoxy) is 1. The fourth-order valence-electron chi connectivity index (χ4n) is 2.39. The highest BCUT2D eigenvalue weighted by Crippen LogP contribution is 2.35. The highest BCUT2D eigenvalue weighted by molar-refractivity contribution is 6.18. The molecule has 0 radical (unpaired) electrons. The van der Waals surface area contributed by atoms with Crippen LogP contribution in [0.2, 0.25) is 0 Å². The van der Waals surface area contributed by atoms with E-state index in [1.807, 2.05) is 0 Å². The molecule has 0 spiro atoms. The Morgan fingerprint density at radius 2 is 1.71 bits per heavy atom. The minimum atomic E-state index is -4.65. The summed E-state index contributed by atoms with van der Waals surface area (Å²) in [5.74, 6) is 0.373. The Kier molecular flexibility index (Phi) is 6.85. The number of hydrogen-bond acceptors (Lipinski definition) is 1. The number of benzene rings is 1. The molecule has 120 valence electrons. The van der Waals surface area contributed by atoms with Gasteiger partial charge in [0.25, 0.3) is 0 Å². The van der Waals surface area contributed by atoms with E-state index in [4.69, 9.17) is 11.6 Å². The summed E-state index contributed by atoms with van der Waals surface area (Å²) in [5, 5.41) is 0. The zero-order valence-corrected chi connectivity index (χ0v) is 13.2. The van der Waals surface area contributed by atoms with E-state index in [0.717, 1.165) is 37.7 Å². The van der Waals surface area contributed by atoms with Gasteiger partial charge in [0.05, 0.1) is 0 Å². The Morgan fingerprint density at radius 3 is 2.14 bits per heavy atom. The minimum absolute atomic E-state index is 0.0178. The molecule has 0 bridgehead atoms. The van der Waals surface area contributed by atoms with Gasteiger partial charge in [-0.1, -0.05) is 38.8 Å². The summed E-state index contributed by atoms with van der Waals surface area (Å²) in [4.78, 5) is 0. The maximum Gasteiger partial charge on any atom is 0.573 e. The zero-order valence-electron chi connectivity index (χ0n) is 12.5. The Labute approximate surface area is 129 Å². The molecule has 0 aliphatic rings. The number of alkyl halides is 4. The van der Waals surface area contributed by atoms with Crippen molar-refractivity contribution in [3.8, 4) is 5.75 Å². The predicted octanol–water partition coefficient (Wildman–Crippen LogP) is 5.95. The van der Waals surface area contributed by atoms with Crippen LogP contribution < -0.4 is 4.74 Å². The van der Waals surface area contributed by atoms with Crippen LogP contribution >= 0.6 is 11.6 Å². The Balaban J connectivity index is 2.76. The normalized spacial score (nSPS) is 14.8. The van der Waals surface area contributed by atoms with Crippen molar-refractivity contribution in [3.05, 3.63) is 29.8 Å². The summed E-state index contributed by atoms with van der Waals surface area (Å²) in [6.45, 7) is 4.25. The fraction of sp³-hybridized carbons (Fsp3) is 0.625. The van der Waals surface area contributed by atoms with E-state index in [1.54, 1.807) is 12.1 Å². The summed E-state index contributed by atoms with van der Waals surface area (Å²) in [6.07, 6.45) is 0.333. The lowest BCUT2D eigenvalue weighted by Crippen LogP contribution is -2.25. The predicted molar refractivity (Wildman–Crippen MR) is 79.8 cm³/mol. The van der Waals surface area contributed by atoms with Gasteiger partial charge >= 0.3 is 6.36 Å². The number of hydrogen-bond donors (Lipinski definition) is 0. The molecule has 21 heavy (non-hydrogen) atoms. The van der Waals surface area contributed by atoms with Crippen molar-refractivity contribution in [2.45, 2.75) is 52.3 Å². The molecule has 0 N–H and O–H groups in total. The third-order valence-corrected chi connectivity index (χ3v) is 4.40. The van der Waals surface area contributed by atoms with Crippen molar-refractivity contribution in [2.24, 2.45) is 5.41 Å². The molecular weight excluding hydrogens is 301 g/mol. The van der Waals surface area contributed by atoms with E-state index in [0.29, 0.717) is 5.88 Å². The lowest BCUT2D eigenvalue weighted by molar-refractivity contribution is -0.274. The largest absolute Gasteiger partial charge is 0.573 e. The molecule has 0 fully saturated rings. The molecular formula is C16H22ClF3O. The van der Waals surface area contributed by atoms with E-state index in [1.165, 1.54) is 12.1 Å². The molecule has 0 aromatic heterocycles. The van der Waals surface area contributed by atoms with E-state index in [9.17, 15) is 13.2 Å². The fourth-order valence-corrected chi connectivity index (χ4v) is 2.81. The SMILES string of the molecule is CCCCC(CC)(CCl)Cc1ccc(OC(F)(F)F)cc1. The van der Waals surface area contributed by atoms with Crippen molar-refractivity contribution in [1.29, 1.82) is 0 Å². The van der Waals surface area contributed by atoms with Crippen LogP contribution in [-0.4, -0.2) is 12.2 Å². The summed E-state index contributed by atoms with van der Waals surface area (Å²) in [5.41, 5.74) is 1.01. The molecule has 1 atom stereocenters. The number of unbranched alkanes of at least 4 members (excludes halogenated alkanes) is 1. The molecule has 0 amide bonds. The molecule has 0 heterocycles. The van der Waals surface area contributed by atoms with Gasteiger partial charge in [0.1, 0.15) is 5.75 Å². The highest BCUT2D eigenvalue weighted by Gasteiger charge is 2.31. The average molecular weight is 323 g/mol. The van der Waals surface area contributed by atoms with Crippen LogP contribution in [0.1, 0.15) is 45.1 Å². The third-order valence-electron chi connectivity index (χ3n) is 3.83. The van der Waals surface area contributed by atoms with E-state index in [2.05, 4.69) is 18.6 Å². The second kappa shape index (κ2) is 7.92. The molecule has 0 aliphatic heterocycles. The van der Waals surface area contributed by atoms with Crippen LogP contribution in [-0.2, 0) is 6.42 Å². The topological polar surface area (TPSA) is 9.23 Å². The first-order chi connectivity index (χ1) is 9.84. The van der Waals surface area contributed by atoms with Crippen molar-refractivity contribution in [1.82, 2.24) is 0 Å². The quantitative estimate of drug-likeness (QED) is 0.537. The van der Waals surface area contributed by atoms with Gasteiger partial charge in [0.15, 0.2) is 0 Å². The van der Waals surface area contributed by atoms with Crippen molar-refractivity contribution >= 4 is 11.6 Å². The van der Waals surface area contributed by atoms with E-state index < -0.39 is 6.36 Å². The van der Waals surface area contributed by atoms with Gasteiger partial charge in [-0.3, -0.25) is 0 Å². The third kappa shape index (κ3) is 6.16. The smallest absolute Gasteiger partial charge is 0.406 e. The second-order valence-corrected chi connectivity index (χ2v) is 5.73. The van der Waals surface area contributed by atoms with Crippen molar-refractivity contribution in [3.63, 3.8) is 0 Å². The molecule has 0 saturated heterocycles. The van der Waals surface area contributed by atoms with Gasteiger partial charge in [0, 0.05) is 5.88 Å². The van der Waals surface area contributed by atoms with Gasteiger partial charge in [-0.05, 0) is 42.4 Å². The first kappa shape index (κ1) is 18.1. The van der Waals surface area contributed by atoms with E-state index in [-0.39, 0.29) is 11.2 Å². The molecule has 0 aliphatic carbocycles. The van der Waals surface area contributed by atoms with Crippen LogP contribution in [0.3, 0.4) is 0 Å². The Bertz CT molecular complexity index is 411. The lowest BCUT2D eigenvalue weighted by Gasteiger charge is -2.31. The van der Waals surface area contributed by atoms with Crippen LogP contribution in [0.25, 0.3) is 0 Å². The molecule has 1 aromatic rings. The van der Waals surface area contributed by atoms with Crippen molar-refractivity contribution < 1.29 is 17.9 Å². The minimum Gasteiger partial charge on any atom is -0.406 e. The summed E-state index contributed by atoms with van der Waals surface area (Å²) in [6, 6.07) is 6.09. The summed E-state index contributed by atoms with van der Waals surface area (Å²) < 4.78 is 40.2. The van der Waals surface area contributed by atoms with Gasteiger partial charge in [-0.2, -0.15) is 0 Å². The van der Waals surface area contributed by atoms with Crippen LogP contribution in [0.5, 0.6) is 5.75 Å². The van der Waals surface area contributed by atoms with E-state index >= 15 is 0 Å². The molecule has 1 nitrogen and oxygen atoms in total. The van der Waals surface area contributed by atoms with Crippen LogP contribution in [0.4, 0.5) is 13.2 Å². The van der Waals surface area contributed by atoms with Gasteiger partial charge < -0.3 is 4.74 Å². The number of halogens is 4. The Hall–Kier alpha value is -0.900. The van der Waals surface area contributed by atoms with Gasteiger partial charge in [-0.25, -0.2) is 0 Å². The molecule has 1 aromatic carbocycles. The molecule has 1 unspecified atom stereocenters. The van der Waals surface area contributed by atoms with Gasteiger partial charge in [-0.15, -0.1) is 24.8 Å². The molecule has 0 saturated carbocycles. The lowest BCUT2D eigenvalue weighted by atomic mass is 9.77. The molecule has 1 rings (SSSR count). The maximum atomic E-state index is 12.1. The Morgan fingerprint density at radius 1 is 1.10 bits per heavy atom. The number of rotatable bonds is 8. The summed E-state index contributed by atoms with van der Waals surface area (Å²) >= 11 is 6.16. The first-order valence-corrected chi connectivity index (χ1v) is 7.78. The summed E-state index contributed by atoms with van der Waals surface area (Å²) in [7, 11) is 0. The molecule has 5 heteroatoms. The first-order valence-electron chi connectivity index (χ1n) is 7.25. The van der Waals surface area contributed by atoms with Crippen LogP contribution in [0.15, 0.2) is 24.3 Å². The van der Waals surface area contributed by atoms with Crippen LogP contribution in [0, 0.1) is 5.41 Å². The average Bonchev–Trinajstić information content (AvgIpc) is 2.44. The second-order valence-electron chi connectivity index (χ2n) is 5.46.